The van der Waals surface area contributed by atoms with Gasteiger partial charge in [-0.2, -0.15) is 0 Å². The molecule has 0 spiro atoms. The van der Waals surface area contributed by atoms with E-state index in [0.29, 0.717) is 0 Å². The van der Waals surface area contributed by atoms with Crippen LogP contribution in [0.15, 0.2) is 24.0 Å². The van der Waals surface area contributed by atoms with Gasteiger partial charge in [0, 0.05) is 18.8 Å². The number of H-pyrrole nitrogens is 1. The molecule has 0 unspecified atom stereocenters. The van der Waals surface area contributed by atoms with E-state index in [9.17, 15) is 0 Å². The van der Waals surface area contributed by atoms with Gasteiger partial charge in [-0.3, -0.25) is 0 Å². The summed E-state index contributed by atoms with van der Waals surface area (Å²) in [6, 6.07) is 0. The molecule has 1 heterocycles. The third kappa shape index (κ3) is 2.05. The number of imidazole rings is 1. The monoisotopic (exact) mass is 136 g/mol. The molecule has 0 fully saturated rings. The van der Waals surface area contributed by atoms with Crippen LogP contribution in [0.5, 0.6) is 0 Å². The van der Waals surface area contributed by atoms with Crippen LogP contribution in [0.2, 0.25) is 0 Å². The summed E-state index contributed by atoms with van der Waals surface area (Å²) in [5.74, 6) is 1.03. The molecule has 1 aromatic heterocycles. The van der Waals surface area contributed by atoms with Crippen molar-refractivity contribution in [3.63, 3.8) is 0 Å². The van der Waals surface area contributed by atoms with Crippen LogP contribution in [0.3, 0.4) is 0 Å². The summed E-state index contributed by atoms with van der Waals surface area (Å²) in [6.07, 6.45) is 6.68. The Hall–Kier alpha value is -1.05. The normalized spacial score (nSPS) is 9.40. The first-order valence-corrected chi connectivity index (χ1v) is 3.40. The Morgan fingerprint density at radius 2 is 2.50 bits per heavy atom. The van der Waals surface area contributed by atoms with Gasteiger partial charge < -0.3 is 4.98 Å². The van der Waals surface area contributed by atoms with Crippen LogP contribution in [0.4, 0.5) is 0 Å². The van der Waals surface area contributed by atoms with Crippen LogP contribution in [0.25, 0.3) is 0 Å². The number of hydrogen-bond acceptors (Lipinski definition) is 1. The maximum Gasteiger partial charge on any atom is 0.109 e. The molecule has 0 bridgehead atoms. The number of allylic oxidation sites excluding steroid dienone is 2. The van der Waals surface area contributed by atoms with Gasteiger partial charge in [-0.25, -0.2) is 4.98 Å². The molecule has 54 valence electrons. The lowest BCUT2D eigenvalue weighted by Gasteiger charge is -1.88. The third-order valence-electron chi connectivity index (χ3n) is 1.26. The van der Waals surface area contributed by atoms with Crippen molar-refractivity contribution in [2.75, 3.05) is 0 Å². The summed E-state index contributed by atoms with van der Waals surface area (Å²) in [7, 11) is 0. The van der Waals surface area contributed by atoms with Crippen LogP contribution >= 0.6 is 0 Å². The number of hydrogen-bond donors (Lipinski definition) is 1. The highest BCUT2D eigenvalue weighted by Gasteiger charge is 1.88. The predicted octanol–water partition coefficient (Wildman–Crippen LogP) is 1.92. The first-order chi connectivity index (χ1) is 4.79. The number of aromatic nitrogens is 2. The van der Waals surface area contributed by atoms with Crippen LogP contribution in [0.1, 0.15) is 19.7 Å². The second-order valence-electron chi connectivity index (χ2n) is 2.52. The molecule has 10 heavy (non-hydrogen) atoms. The number of nitrogens with zero attached hydrogens (tertiary/aromatic N) is 1. The number of nitrogens with one attached hydrogen (secondary N) is 1. The topological polar surface area (TPSA) is 28.7 Å². The zero-order valence-electron chi connectivity index (χ0n) is 6.39. The summed E-state index contributed by atoms with van der Waals surface area (Å²) in [4.78, 5) is 7.12. The average Bonchev–Trinajstić information content (AvgIpc) is 2.34. The highest BCUT2D eigenvalue weighted by Crippen LogP contribution is 1.95. The lowest BCUT2D eigenvalue weighted by atomic mass is 10.3. The van der Waals surface area contributed by atoms with E-state index in [1.165, 1.54) is 5.57 Å². The zero-order valence-corrected chi connectivity index (χ0v) is 6.39. The average molecular weight is 136 g/mol. The van der Waals surface area contributed by atoms with Gasteiger partial charge >= 0.3 is 0 Å². The summed E-state index contributed by atoms with van der Waals surface area (Å²) < 4.78 is 0. The fourth-order valence-corrected chi connectivity index (χ4v) is 0.710. The molecular weight excluding hydrogens is 124 g/mol. The molecule has 1 N–H and O–H groups in total. The van der Waals surface area contributed by atoms with Crippen molar-refractivity contribution in [2.45, 2.75) is 20.3 Å². The highest BCUT2D eigenvalue weighted by atomic mass is 14.9. The maximum atomic E-state index is 4.09. The molecule has 0 aliphatic heterocycles. The molecule has 0 aliphatic rings. The van der Waals surface area contributed by atoms with Crippen LogP contribution in [-0.4, -0.2) is 9.97 Å². The highest BCUT2D eigenvalue weighted by molar-refractivity contribution is 5.01. The van der Waals surface area contributed by atoms with Gasteiger partial charge in [0.25, 0.3) is 0 Å². The second-order valence-corrected chi connectivity index (χ2v) is 2.52. The Bertz CT molecular complexity index is 205. The van der Waals surface area contributed by atoms with E-state index in [1.54, 1.807) is 6.20 Å². The molecule has 2 nitrogen and oxygen atoms in total. The van der Waals surface area contributed by atoms with Crippen molar-refractivity contribution in [1.29, 1.82) is 0 Å². The number of rotatable bonds is 2. The van der Waals surface area contributed by atoms with E-state index in [4.69, 9.17) is 0 Å². The minimum atomic E-state index is 0.912. The predicted molar refractivity (Wildman–Crippen MR) is 41.7 cm³/mol. The van der Waals surface area contributed by atoms with Crippen molar-refractivity contribution >= 4 is 0 Å². The molecule has 1 rings (SSSR count). The minimum absolute atomic E-state index is 0.912. The minimum Gasteiger partial charge on any atom is -0.348 e. The molecule has 0 radical (unpaired) electrons. The SMILES string of the molecule is CC(C)=CCc1ncc[nH]1. The Morgan fingerprint density at radius 3 is 3.00 bits per heavy atom. The van der Waals surface area contributed by atoms with Gasteiger partial charge in [0.2, 0.25) is 0 Å². The van der Waals surface area contributed by atoms with Gasteiger partial charge in [-0.1, -0.05) is 11.6 Å². The number of aromatic amines is 1. The second kappa shape index (κ2) is 3.20. The Morgan fingerprint density at radius 1 is 1.70 bits per heavy atom. The van der Waals surface area contributed by atoms with Crippen LogP contribution in [-0.2, 0) is 6.42 Å². The van der Waals surface area contributed by atoms with E-state index in [0.717, 1.165) is 12.2 Å². The fraction of sp³-hybridized carbons (Fsp3) is 0.375. The summed E-state index contributed by atoms with van der Waals surface area (Å²) in [6.45, 7) is 4.17. The van der Waals surface area contributed by atoms with Crippen molar-refractivity contribution < 1.29 is 0 Å². The fourth-order valence-electron chi connectivity index (χ4n) is 0.710. The maximum absolute atomic E-state index is 4.09. The van der Waals surface area contributed by atoms with Gasteiger partial charge in [0.15, 0.2) is 0 Å². The van der Waals surface area contributed by atoms with Gasteiger partial charge in [0.05, 0.1) is 0 Å². The van der Waals surface area contributed by atoms with Gasteiger partial charge in [-0.05, 0) is 13.8 Å². The van der Waals surface area contributed by atoms with E-state index in [1.807, 2.05) is 6.20 Å². The lowest BCUT2D eigenvalue weighted by Crippen LogP contribution is -1.83. The van der Waals surface area contributed by atoms with Crippen molar-refractivity contribution in [3.05, 3.63) is 29.9 Å². The van der Waals surface area contributed by atoms with Crippen LogP contribution < -0.4 is 0 Å². The molecule has 0 atom stereocenters. The smallest absolute Gasteiger partial charge is 0.109 e. The third-order valence-corrected chi connectivity index (χ3v) is 1.26. The van der Waals surface area contributed by atoms with E-state index in [2.05, 4.69) is 29.9 Å². The summed E-state index contributed by atoms with van der Waals surface area (Å²) >= 11 is 0. The Labute approximate surface area is 61.0 Å². The molecule has 0 saturated carbocycles. The van der Waals surface area contributed by atoms with Gasteiger partial charge in [-0.15, -0.1) is 0 Å². The Balaban J connectivity index is 2.49. The lowest BCUT2D eigenvalue weighted by molar-refractivity contribution is 1.04. The molecule has 0 saturated heterocycles. The molecular formula is C8H12N2. The van der Waals surface area contributed by atoms with E-state index < -0.39 is 0 Å². The molecule has 0 aromatic carbocycles. The summed E-state index contributed by atoms with van der Waals surface area (Å²) in [5, 5.41) is 0. The van der Waals surface area contributed by atoms with Crippen molar-refractivity contribution in [2.24, 2.45) is 0 Å². The first kappa shape index (κ1) is 7.06. The van der Waals surface area contributed by atoms with Crippen LogP contribution in [0, 0.1) is 0 Å². The largest absolute Gasteiger partial charge is 0.348 e. The summed E-state index contributed by atoms with van der Waals surface area (Å²) in [5.41, 5.74) is 1.33. The standard InChI is InChI=1S/C8H12N2/c1-7(2)3-4-8-9-5-6-10-8/h3,5-6H,4H2,1-2H3,(H,9,10). The molecule has 1 aromatic rings. The first-order valence-electron chi connectivity index (χ1n) is 3.40. The van der Waals surface area contributed by atoms with Crippen molar-refractivity contribution in [3.8, 4) is 0 Å². The van der Waals surface area contributed by atoms with Gasteiger partial charge in [0.1, 0.15) is 5.82 Å². The quantitative estimate of drug-likeness (QED) is 0.618. The zero-order chi connectivity index (χ0) is 7.40. The molecule has 0 amide bonds. The van der Waals surface area contributed by atoms with Crippen molar-refractivity contribution in [1.82, 2.24) is 9.97 Å². The van der Waals surface area contributed by atoms with E-state index in [-0.39, 0.29) is 0 Å². The Kier molecular flexibility index (Phi) is 2.26. The van der Waals surface area contributed by atoms with E-state index >= 15 is 0 Å². The molecule has 2 heteroatoms. The molecule has 0 aliphatic carbocycles.